The smallest absolute Gasteiger partial charge is 0.0424 e. The van der Waals surface area contributed by atoms with E-state index in [9.17, 15) is 0 Å². The zero-order chi connectivity index (χ0) is 12.6. The van der Waals surface area contributed by atoms with Crippen LogP contribution in [0.4, 0.5) is 0 Å². The maximum absolute atomic E-state index is 3.72. The van der Waals surface area contributed by atoms with E-state index in [1.807, 2.05) is 0 Å². The lowest BCUT2D eigenvalue weighted by atomic mass is 9.71. The van der Waals surface area contributed by atoms with E-state index in [0.717, 1.165) is 5.41 Å². The molecule has 1 spiro atoms. The van der Waals surface area contributed by atoms with Crippen molar-refractivity contribution >= 4 is 0 Å². The summed E-state index contributed by atoms with van der Waals surface area (Å²) >= 11 is 0. The third kappa shape index (κ3) is 2.17. The number of hydrogen-bond donors (Lipinski definition) is 1. The van der Waals surface area contributed by atoms with Crippen molar-refractivity contribution in [2.24, 2.45) is 5.41 Å². The molecule has 1 N–H and O–H groups in total. The molecule has 3 rings (SSSR count). The van der Waals surface area contributed by atoms with Crippen molar-refractivity contribution in [3.8, 4) is 0 Å². The highest BCUT2D eigenvalue weighted by molar-refractivity contribution is 5.16. The van der Waals surface area contributed by atoms with Gasteiger partial charge in [-0.2, -0.15) is 0 Å². The lowest BCUT2D eigenvalue weighted by molar-refractivity contribution is 0.184. The Hall–Kier alpha value is -0.920. The monoisotopic (exact) mass is 246 g/mol. The van der Waals surface area contributed by atoms with Crippen LogP contribution in [-0.2, 0) is 0 Å². The first kappa shape index (κ1) is 12.1. The van der Waals surface area contributed by atoms with Crippen molar-refractivity contribution < 1.29 is 0 Å². The predicted octanol–water partition coefficient (Wildman–Crippen LogP) is 4.15. The van der Waals surface area contributed by atoms with E-state index >= 15 is 0 Å². The summed E-state index contributed by atoms with van der Waals surface area (Å²) in [7, 11) is 0. The topological polar surface area (TPSA) is 17.0 Å². The number of aromatic nitrogens is 1. The second-order valence-corrected chi connectivity index (χ2v) is 6.56. The Bertz CT molecular complexity index is 383. The summed E-state index contributed by atoms with van der Waals surface area (Å²) in [6.45, 7) is 4.36. The third-order valence-corrected chi connectivity index (χ3v) is 5.29. The highest BCUT2D eigenvalue weighted by Crippen LogP contribution is 2.48. The normalized spacial score (nSPS) is 23.7. The quantitative estimate of drug-likeness (QED) is 0.829. The minimum absolute atomic E-state index is 0.682. The van der Waals surface area contributed by atoms with Gasteiger partial charge in [-0.15, -0.1) is 0 Å². The Kier molecular flexibility index (Phi) is 3.13. The van der Waals surface area contributed by atoms with E-state index < -0.39 is 0 Å². The van der Waals surface area contributed by atoms with Gasteiger partial charge in [-0.3, -0.25) is 4.68 Å². The number of rotatable bonds is 2. The van der Waals surface area contributed by atoms with E-state index in [0.29, 0.717) is 6.04 Å². The lowest BCUT2D eigenvalue weighted by Crippen LogP contribution is -2.36. The molecule has 2 saturated carbocycles. The van der Waals surface area contributed by atoms with Gasteiger partial charge in [0.05, 0.1) is 0 Å². The average Bonchev–Trinajstić information content (AvgIpc) is 2.94. The molecule has 2 heteroatoms. The van der Waals surface area contributed by atoms with Gasteiger partial charge >= 0.3 is 0 Å². The number of aryl methyl sites for hydroxylation is 2. The van der Waals surface area contributed by atoms with E-state index in [-0.39, 0.29) is 0 Å². The number of hydrogen-bond acceptors (Lipinski definition) is 1. The molecule has 2 aliphatic rings. The van der Waals surface area contributed by atoms with Crippen molar-refractivity contribution in [1.29, 1.82) is 0 Å². The Morgan fingerprint density at radius 3 is 2.11 bits per heavy atom. The molecule has 2 nitrogen and oxygen atoms in total. The summed E-state index contributed by atoms with van der Waals surface area (Å²) in [5.41, 5.74) is 7.12. The molecule has 100 valence electrons. The molecule has 0 unspecified atom stereocenters. The van der Waals surface area contributed by atoms with Gasteiger partial charge in [-0.25, -0.2) is 0 Å². The second-order valence-electron chi connectivity index (χ2n) is 6.56. The maximum Gasteiger partial charge on any atom is 0.0424 e. The summed E-state index contributed by atoms with van der Waals surface area (Å²) in [6, 6.07) is 5.08. The Morgan fingerprint density at radius 2 is 1.56 bits per heavy atom. The fraction of sp³-hybridized carbons (Fsp3) is 0.750. The molecule has 0 aromatic carbocycles. The van der Waals surface area contributed by atoms with E-state index in [1.54, 1.807) is 0 Å². The minimum Gasteiger partial charge on any atom is -0.323 e. The molecular weight excluding hydrogens is 220 g/mol. The molecule has 18 heavy (non-hydrogen) atoms. The average molecular weight is 246 g/mol. The highest BCUT2D eigenvalue weighted by atomic mass is 15.4. The first-order valence-corrected chi connectivity index (χ1v) is 7.60. The largest absolute Gasteiger partial charge is 0.323 e. The molecule has 2 fully saturated rings. The van der Waals surface area contributed by atoms with Gasteiger partial charge in [0.25, 0.3) is 0 Å². The van der Waals surface area contributed by atoms with E-state index in [4.69, 9.17) is 0 Å². The summed E-state index contributed by atoms with van der Waals surface area (Å²) in [5, 5.41) is 0. The molecule has 0 saturated heterocycles. The van der Waals surface area contributed by atoms with Crippen LogP contribution in [-0.4, -0.2) is 10.7 Å². The summed E-state index contributed by atoms with van der Waals surface area (Å²) < 4.78 is 2.28. The first-order chi connectivity index (χ1) is 8.69. The standard InChI is InChI=1S/C16H26N2/c1-13-5-6-14(2)18(13)17-15-7-11-16(12-8-15)9-3-4-10-16/h5-6,15,17H,3-4,7-12H2,1-2H3. The third-order valence-electron chi connectivity index (χ3n) is 5.29. The van der Waals surface area contributed by atoms with E-state index in [2.05, 4.69) is 36.1 Å². The minimum atomic E-state index is 0.682. The van der Waals surface area contributed by atoms with Crippen LogP contribution >= 0.6 is 0 Å². The molecule has 1 aromatic rings. The van der Waals surface area contributed by atoms with Gasteiger partial charge in [0.2, 0.25) is 0 Å². The zero-order valence-corrected chi connectivity index (χ0v) is 11.8. The number of nitrogens with one attached hydrogen (secondary N) is 1. The first-order valence-electron chi connectivity index (χ1n) is 7.60. The SMILES string of the molecule is Cc1ccc(C)n1NC1CCC2(CCCC2)CC1. The van der Waals surface area contributed by atoms with Gasteiger partial charge in [-0.05, 0) is 69.9 Å². The van der Waals surface area contributed by atoms with Gasteiger partial charge in [0.15, 0.2) is 0 Å². The fourth-order valence-corrected chi connectivity index (χ4v) is 4.04. The van der Waals surface area contributed by atoms with Crippen molar-refractivity contribution in [2.45, 2.75) is 71.3 Å². The molecule has 0 radical (unpaired) electrons. The summed E-state index contributed by atoms with van der Waals surface area (Å²) in [5.74, 6) is 0. The summed E-state index contributed by atoms with van der Waals surface area (Å²) in [4.78, 5) is 0. The molecular formula is C16H26N2. The van der Waals surface area contributed by atoms with Gasteiger partial charge in [0.1, 0.15) is 0 Å². The Labute approximate surface area is 111 Å². The highest BCUT2D eigenvalue weighted by Gasteiger charge is 2.37. The van der Waals surface area contributed by atoms with Crippen LogP contribution in [0.2, 0.25) is 0 Å². The van der Waals surface area contributed by atoms with Crippen LogP contribution in [0.15, 0.2) is 12.1 Å². The Morgan fingerprint density at radius 1 is 1.00 bits per heavy atom. The zero-order valence-electron chi connectivity index (χ0n) is 11.8. The molecule has 0 atom stereocenters. The van der Waals surface area contributed by atoms with E-state index in [1.165, 1.54) is 62.8 Å². The molecule has 0 bridgehead atoms. The summed E-state index contributed by atoms with van der Waals surface area (Å²) in [6.07, 6.45) is 11.6. The fourth-order valence-electron chi connectivity index (χ4n) is 4.04. The van der Waals surface area contributed by atoms with Crippen molar-refractivity contribution in [3.05, 3.63) is 23.5 Å². The molecule has 0 aliphatic heterocycles. The second kappa shape index (κ2) is 4.64. The van der Waals surface area contributed by atoms with Crippen LogP contribution in [0.3, 0.4) is 0 Å². The van der Waals surface area contributed by atoms with Crippen LogP contribution in [0.5, 0.6) is 0 Å². The molecule has 0 amide bonds. The maximum atomic E-state index is 3.72. The molecule has 1 aromatic heterocycles. The molecule has 2 aliphatic carbocycles. The van der Waals surface area contributed by atoms with Crippen LogP contribution < -0.4 is 5.43 Å². The van der Waals surface area contributed by atoms with Crippen molar-refractivity contribution in [1.82, 2.24) is 4.68 Å². The van der Waals surface area contributed by atoms with Crippen molar-refractivity contribution in [2.75, 3.05) is 5.43 Å². The van der Waals surface area contributed by atoms with Crippen LogP contribution in [0, 0.1) is 19.3 Å². The Balaban J connectivity index is 1.60. The van der Waals surface area contributed by atoms with Gasteiger partial charge in [0, 0.05) is 17.4 Å². The predicted molar refractivity (Wildman–Crippen MR) is 76.4 cm³/mol. The van der Waals surface area contributed by atoms with Crippen LogP contribution in [0.1, 0.15) is 62.8 Å². The van der Waals surface area contributed by atoms with Crippen LogP contribution in [0.25, 0.3) is 0 Å². The van der Waals surface area contributed by atoms with Gasteiger partial charge in [-0.1, -0.05) is 12.8 Å². The van der Waals surface area contributed by atoms with Crippen molar-refractivity contribution in [3.63, 3.8) is 0 Å². The molecule has 1 heterocycles. The van der Waals surface area contributed by atoms with Gasteiger partial charge < -0.3 is 5.43 Å². The number of nitrogens with zero attached hydrogens (tertiary/aromatic N) is 1. The lowest BCUT2D eigenvalue weighted by Gasteiger charge is -2.38.